The molecule has 0 unspecified atom stereocenters. The molecule has 0 radical (unpaired) electrons. The van der Waals surface area contributed by atoms with Gasteiger partial charge in [-0.05, 0) is 49.1 Å². The van der Waals surface area contributed by atoms with Crippen molar-refractivity contribution < 1.29 is 33.1 Å². The monoisotopic (exact) mass is 645 g/mol. The summed E-state index contributed by atoms with van der Waals surface area (Å²) in [6, 6.07) is 20.3. The Morgan fingerprint density at radius 3 is 2.36 bits per heavy atom. The Hall–Kier alpha value is -5.26. The topological polar surface area (TPSA) is 137 Å². The molecule has 1 aliphatic rings. The van der Waals surface area contributed by atoms with E-state index in [2.05, 4.69) is 16.0 Å². The van der Waals surface area contributed by atoms with Gasteiger partial charge in [-0.2, -0.15) is 0 Å². The van der Waals surface area contributed by atoms with Crippen LogP contribution in [0.2, 0.25) is 0 Å². The highest BCUT2D eigenvalue weighted by atomic mass is 19.1. The van der Waals surface area contributed by atoms with Gasteiger partial charge in [-0.3, -0.25) is 24.0 Å². The molecule has 3 aromatic carbocycles. The van der Waals surface area contributed by atoms with Gasteiger partial charge in [0.2, 0.25) is 23.6 Å². The van der Waals surface area contributed by atoms with Gasteiger partial charge in [0.15, 0.2) is 0 Å². The van der Waals surface area contributed by atoms with Gasteiger partial charge < -0.3 is 30.5 Å². The number of fused-ring (bicyclic) bond motifs is 1. The average molecular weight is 646 g/mol. The number of likely N-dealkylation sites (N-methyl/N-ethyl adjacent to an activating group) is 2. The normalized spacial score (nSPS) is 18.4. The quantitative estimate of drug-likeness (QED) is 0.360. The van der Waals surface area contributed by atoms with Crippen LogP contribution in [0, 0.1) is 5.82 Å². The molecule has 3 aromatic rings. The molecule has 4 rings (SSSR count). The first-order valence-corrected chi connectivity index (χ1v) is 15.5. The molecule has 0 fully saturated rings. The molecule has 3 N–H and O–H groups in total. The van der Waals surface area contributed by atoms with Gasteiger partial charge in [-0.25, -0.2) is 4.39 Å². The fourth-order valence-electron chi connectivity index (χ4n) is 5.15. The number of ether oxygens (including phenoxy) is 1. The van der Waals surface area contributed by atoms with E-state index in [4.69, 9.17) is 4.74 Å². The minimum Gasteiger partial charge on any atom is -0.491 e. The minimum atomic E-state index is -1.31. The van der Waals surface area contributed by atoms with Crippen molar-refractivity contribution in [2.45, 2.75) is 38.3 Å². The SMILES string of the molecule is CCN1CC(=O)N(C)CC(=O)N[C@H](Cc2ccccc2)COc2ccccc2C(=O)N[C@H](C(=O)NCCc2ccccc2F)CC1=O. The van der Waals surface area contributed by atoms with Crippen molar-refractivity contribution >= 4 is 29.5 Å². The van der Waals surface area contributed by atoms with E-state index in [9.17, 15) is 28.4 Å². The molecule has 0 spiro atoms. The lowest BCUT2D eigenvalue weighted by molar-refractivity contribution is -0.142. The fourth-order valence-corrected chi connectivity index (χ4v) is 5.15. The minimum absolute atomic E-state index is 0.00461. The van der Waals surface area contributed by atoms with E-state index in [0.717, 1.165) is 5.56 Å². The van der Waals surface area contributed by atoms with Gasteiger partial charge in [0.05, 0.1) is 31.1 Å². The zero-order valence-electron chi connectivity index (χ0n) is 26.5. The number of rotatable bonds is 7. The van der Waals surface area contributed by atoms with Crippen LogP contribution in [0.4, 0.5) is 4.39 Å². The van der Waals surface area contributed by atoms with E-state index in [0.29, 0.717) is 12.0 Å². The van der Waals surface area contributed by atoms with Crippen LogP contribution >= 0.6 is 0 Å². The van der Waals surface area contributed by atoms with E-state index in [1.54, 1.807) is 43.3 Å². The molecular weight excluding hydrogens is 605 g/mol. The van der Waals surface area contributed by atoms with Crippen molar-refractivity contribution in [3.63, 3.8) is 0 Å². The van der Waals surface area contributed by atoms with Crippen molar-refractivity contribution in [2.24, 2.45) is 0 Å². The number of hydrogen-bond acceptors (Lipinski definition) is 6. The van der Waals surface area contributed by atoms with Gasteiger partial charge in [0.25, 0.3) is 5.91 Å². The molecule has 248 valence electrons. The first-order valence-electron chi connectivity index (χ1n) is 15.5. The second-order valence-corrected chi connectivity index (χ2v) is 11.3. The molecule has 0 bridgehead atoms. The molecule has 0 saturated heterocycles. The summed E-state index contributed by atoms with van der Waals surface area (Å²) in [4.78, 5) is 69.0. The molecule has 1 aliphatic heterocycles. The number of benzene rings is 3. The maximum absolute atomic E-state index is 14.1. The third kappa shape index (κ3) is 10.1. The number of para-hydroxylation sites is 1. The van der Waals surface area contributed by atoms with Crippen molar-refractivity contribution in [3.8, 4) is 5.75 Å². The molecule has 12 heteroatoms. The van der Waals surface area contributed by atoms with E-state index in [-0.39, 0.29) is 50.5 Å². The lowest BCUT2D eigenvalue weighted by Crippen LogP contribution is -2.51. The molecule has 0 saturated carbocycles. The molecule has 11 nitrogen and oxygen atoms in total. The zero-order chi connectivity index (χ0) is 33.8. The highest BCUT2D eigenvalue weighted by Crippen LogP contribution is 2.19. The van der Waals surface area contributed by atoms with E-state index >= 15 is 0 Å². The average Bonchev–Trinajstić information content (AvgIpc) is 3.06. The maximum Gasteiger partial charge on any atom is 0.255 e. The number of carbonyl (C=O) groups excluding carboxylic acids is 5. The second-order valence-electron chi connectivity index (χ2n) is 11.3. The van der Waals surface area contributed by atoms with Crippen molar-refractivity contribution in [2.75, 3.05) is 39.8 Å². The van der Waals surface area contributed by atoms with Gasteiger partial charge in [-0.15, -0.1) is 0 Å². The molecule has 2 atom stereocenters. The Morgan fingerprint density at radius 2 is 1.62 bits per heavy atom. The van der Waals surface area contributed by atoms with E-state index in [1.165, 1.54) is 29.0 Å². The number of hydrogen-bond donors (Lipinski definition) is 3. The van der Waals surface area contributed by atoms with Crippen LogP contribution in [-0.2, 0) is 32.0 Å². The van der Waals surface area contributed by atoms with Crippen molar-refractivity contribution in [3.05, 3.63) is 101 Å². The Morgan fingerprint density at radius 1 is 0.915 bits per heavy atom. The van der Waals surface area contributed by atoms with E-state index < -0.39 is 53.9 Å². The summed E-state index contributed by atoms with van der Waals surface area (Å²) < 4.78 is 20.2. The lowest BCUT2D eigenvalue weighted by atomic mass is 10.1. The van der Waals surface area contributed by atoms with Crippen LogP contribution in [-0.4, -0.2) is 91.3 Å². The highest BCUT2D eigenvalue weighted by Gasteiger charge is 2.29. The van der Waals surface area contributed by atoms with Crippen LogP contribution < -0.4 is 20.7 Å². The molecule has 0 aromatic heterocycles. The third-order valence-electron chi connectivity index (χ3n) is 7.78. The summed E-state index contributed by atoms with van der Waals surface area (Å²) in [5, 5.41) is 8.28. The summed E-state index contributed by atoms with van der Waals surface area (Å²) >= 11 is 0. The number of nitrogens with one attached hydrogen (secondary N) is 3. The van der Waals surface area contributed by atoms with Gasteiger partial charge in [0, 0.05) is 20.1 Å². The summed E-state index contributed by atoms with van der Waals surface area (Å²) in [6.45, 7) is 1.32. The van der Waals surface area contributed by atoms with Crippen LogP contribution in [0.1, 0.15) is 34.8 Å². The first-order chi connectivity index (χ1) is 22.6. The zero-order valence-corrected chi connectivity index (χ0v) is 26.5. The second kappa shape index (κ2) is 16.9. The van der Waals surface area contributed by atoms with Crippen molar-refractivity contribution in [1.82, 2.24) is 25.8 Å². The first kappa shape index (κ1) is 34.6. The summed E-state index contributed by atoms with van der Waals surface area (Å²) in [5.74, 6) is -2.93. The molecule has 47 heavy (non-hydrogen) atoms. The number of halogens is 1. The summed E-state index contributed by atoms with van der Waals surface area (Å²) in [5.41, 5.74) is 1.48. The van der Waals surface area contributed by atoms with Crippen LogP contribution in [0.15, 0.2) is 78.9 Å². The maximum atomic E-state index is 14.1. The lowest BCUT2D eigenvalue weighted by Gasteiger charge is -2.26. The fraction of sp³-hybridized carbons (Fsp3) is 0.343. The highest BCUT2D eigenvalue weighted by molar-refractivity contribution is 6.01. The summed E-state index contributed by atoms with van der Waals surface area (Å²) in [7, 11) is 1.47. The largest absolute Gasteiger partial charge is 0.491 e. The predicted octanol–water partition coefficient (Wildman–Crippen LogP) is 2.10. The Bertz CT molecular complexity index is 1570. The Balaban J connectivity index is 1.60. The van der Waals surface area contributed by atoms with E-state index in [1.807, 2.05) is 30.3 Å². The standard InChI is InChI=1S/C35H40FN5O6/c1-3-41-22-33(44)40(2)21-31(42)38-26(19-24-11-5-4-6-12-24)23-47-30-16-10-8-14-27(30)34(45)39-29(20-32(41)43)35(46)37-18-17-25-13-7-9-15-28(25)36/h4-16,26,29H,3,17-23H2,1-2H3,(H,37,46)(H,38,42)(H,39,45)/t26-,29+/m1/s1. The Kier molecular flexibility index (Phi) is 12.4. The van der Waals surface area contributed by atoms with Crippen LogP contribution in [0.5, 0.6) is 5.75 Å². The molecule has 0 aliphatic carbocycles. The predicted molar refractivity (Wildman–Crippen MR) is 173 cm³/mol. The van der Waals surface area contributed by atoms with Crippen LogP contribution in [0.3, 0.4) is 0 Å². The van der Waals surface area contributed by atoms with Crippen LogP contribution in [0.25, 0.3) is 0 Å². The van der Waals surface area contributed by atoms with Gasteiger partial charge >= 0.3 is 0 Å². The third-order valence-corrected chi connectivity index (χ3v) is 7.78. The number of nitrogens with zero attached hydrogens (tertiary/aromatic N) is 2. The number of carbonyl (C=O) groups is 5. The van der Waals surface area contributed by atoms with Crippen molar-refractivity contribution in [1.29, 1.82) is 0 Å². The molecule has 1 heterocycles. The van der Waals surface area contributed by atoms with Gasteiger partial charge in [0.1, 0.15) is 24.2 Å². The Labute approximate surface area is 273 Å². The molecule has 5 amide bonds. The number of amides is 5. The molecular formula is C35H40FN5O6. The van der Waals surface area contributed by atoms with Gasteiger partial charge in [-0.1, -0.05) is 60.7 Å². The summed E-state index contributed by atoms with van der Waals surface area (Å²) in [6.07, 6.45) is 0.180. The smallest absolute Gasteiger partial charge is 0.255 e.